The number of hydrogen-bond donors (Lipinski definition) is 3. The van der Waals surface area contributed by atoms with Crippen molar-refractivity contribution < 1.29 is 24.5 Å². The van der Waals surface area contributed by atoms with Crippen LogP contribution in [0.3, 0.4) is 0 Å². The second-order valence-corrected chi connectivity index (χ2v) is 9.22. The van der Waals surface area contributed by atoms with Gasteiger partial charge in [-0.25, -0.2) is 4.79 Å². The number of ether oxygens (including phenoxy) is 1. The topological polar surface area (TPSA) is 95.9 Å². The van der Waals surface area contributed by atoms with Crippen molar-refractivity contribution >= 4 is 23.0 Å². The van der Waals surface area contributed by atoms with Gasteiger partial charge in [-0.3, -0.25) is 4.79 Å². The molecule has 2 rings (SSSR count). The van der Waals surface area contributed by atoms with Crippen LogP contribution in [0.15, 0.2) is 42.6 Å². The number of aromatic hydroxyl groups is 1. The lowest BCUT2D eigenvalue weighted by molar-refractivity contribution is 0.00679. The SMILES string of the molecule is CCCCCSC(=O)N/C=C/CC1CC(O)C(C)C/C=C/Cc2cccc(O)c2C(=O)O1. The number of unbranched alkanes of at least 4 members (excludes halogenated alkanes) is 2. The molecule has 0 saturated heterocycles. The van der Waals surface area contributed by atoms with Crippen molar-refractivity contribution in [2.24, 2.45) is 5.92 Å². The van der Waals surface area contributed by atoms with Gasteiger partial charge in [-0.15, -0.1) is 0 Å². The highest BCUT2D eigenvalue weighted by atomic mass is 32.2. The van der Waals surface area contributed by atoms with E-state index >= 15 is 0 Å². The second kappa shape index (κ2) is 14.0. The number of fused-ring (bicyclic) bond motifs is 1. The summed E-state index contributed by atoms with van der Waals surface area (Å²) in [6.45, 7) is 4.09. The zero-order valence-corrected chi connectivity index (χ0v) is 19.8. The molecule has 32 heavy (non-hydrogen) atoms. The van der Waals surface area contributed by atoms with E-state index in [4.69, 9.17) is 4.74 Å². The molecule has 0 saturated carbocycles. The Labute approximate surface area is 195 Å². The number of hydrogen-bond acceptors (Lipinski definition) is 6. The summed E-state index contributed by atoms with van der Waals surface area (Å²) >= 11 is 1.25. The highest BCUT2D eigenvalue weighted by molar-refractivity contribution is 8.13. The van der Waals surface area contributed by atoms with Crippen molar-refractivity contribution in [3.63, 3.8) is 0 Å². The minimum Gasteiger partial charge on any atom is -0.507 e. The maximum atomic E-state index is 12.9. The lowest BCUT2D eigenvalue weighted by atomic mass is 9.94. The van der Waals surface area contributed by atoms with Crippen LogP contribution in [0.2, 0.25) is 0 Å². The summed E-state index contributed by atoms with van der Waals surface area (Å²) in [6, 6.07) is 4.97. The van der Waals surface area contributed by atoms with E-state index in [0.29, 0.717) is 24.8 Å². The molecule has 1 aromatic rings. The number of thioether (sulfide) groups is 1. The first-order valence-corrected chi connectivity index (χ1v) is 12.3. The van der Waals surface area contributed by atoms with E-state index in [2.05, 4.69) is 12.2 Å². The highest BCUT2D eigenvalue weighted by Crippen LogP contribution is 2.26. The van der Waals surface area contributed by atoms with Crippen LogP contribution in [-0.4, -0.2) is 39.4 Å². The summed E-state index contributed by atoms with van der Waals surface area (Å²) in [5.41, 5.74) is 0.854. The number of carbonyl (C=O) groups is 2. The zero-order chi connectivity index (χ0) is 23.3. The van der Waals surface area contributed by atoms with E-state index in [0.717, 1.165) is 25.0 Å². The van der Waals surface area contributed by atoms with Crippen LogP contribution < -0.4 is 5.32 Å². The number of phenols is 1. The predicted molar refractivity (Wildman–Crippen MR) is 129 cm³/mol. The molecule has 0 radical (unpaired) electrons. The number of carbonyl (C=O) groups excluding carboxylic acids is 2. The second-order valence-electron chi connectivity index (χ2n) is 8.16. The van der Waals surface area contributed by atoms with Crippen LogP contribution in [0.4, 0.5) is 4.79 Å². The summed E-state index contributed by atoms with van der Waals surface area (Å²) < 4.78 is 5.70. The molecule has 0 spiro atoms. The van der Waals surface area contributed by atoms with Crippen molar-refractivity contribution in [1.82, 2.24) is 5.32 Å². The normalized spacial score (nSPS) is 23.0. The maximum absolute atomic E-state index is 12.9. The maximum Gasteiger partial charge on any atom is 0.342 e. The van der Waals surface area contributed by atoms with E-state index in [1.165, 1.54) is 17.8 Å². The average Bonchev–Trinajstić information content (AvgIpc) is 2.76. The molecular weight excluding hydrogens is 426 g/mol. The van der Waals surface area contributed by atoms with Gasteiger partial charge in [0.05, 0.1) is 6.10 Å². The summed E-state index contributed by atoms with van der Waals surface area (Å²) in [6.07, 6.45) is 11.1. The van der Waals surface area contributed by atoms with Crippen LogP contribution in [0.25, 0.3) is 0 Å². The number of phenolic OH excluding ortho intramolecular Hbond substituents is 1. The predicted octanol–water partition coefficient (Wildman–Crippen LogP) is 5.34. The van der Waals surface area contributed by atoms with Crippen LogP contribution >= 0.6 is 11.8 Å². The molecule has 176 valence electrons. The summed E-state index contributed by atoms with van der Waals surface area (Å²) in [7, 11) is 0. The van der Waals surface area contributed by atoms with Crippen LogP contribution in [0.1, 0.15) is 68.3 Å². The van der Waals surface area contributed by atoms with E-state index in [-0.39, 0.29) is 28.9 Å². The molecule has 1 amide bonds. The van der Waals surface area contributed by atoms with Gasteiger partial charge in [0.15, 0.2) is 0 Å². The van der Waals surface area contributed by atoms with Crippen molar-refractivity contribution in [3.8, 4) is 5.75 Å². The Hall–Kier alpha value is -2.25. The van der Waals surface area contributed by atoms with Crippen molar-refractivity contribution in [3.05, 3.63) is 53.8 Å². The third-order valence-corrected chi connectivity index (χ3v) is 6.35. The van der Waals surface area contributed by atoms with Gasteiger partial charge >= 0.3 is 5.97 Å². The quantitative estimate of drug-likeness (QED) is 0.288. The number of aliphatic hydroxyl groups is 1. The fraction of sp³-hybridized carbons (Fsp3) is 0.520. The molecule has 3 atom stereocenters. The van der Waals surface area contributed by atoms with Gasteiger partial charge in [0.2, 0.25) is 0 Å². The van der Waals surface area contributed by atoms with E-state index < -0.39 is 18.2 Å². The van der Waals surface area contributed by atoms with Crippen molar-refractivity contribution in [1.29, 1.82) is 0 Å². The first-order valence-electron chi connectivity index (χ1n) is 11.4. The molecule has 3 N–H and O–H groups in total. The largest absolute Gasteiger partial charge is 0.507 e. The van der Waals surface area contributed by atoms with Crippen LogP contribution in [0, 0.1) is 5.92 Å². The van der Waals surface area contributed by atoms with Gasteiger partial charge < -0.3 is 20.3 Å². The Balaban J connectivity index is 2.05. The molecule has 1 aromatic carbocycles. The number of nitrogens with one attached hydrogen (secondary N) is 1. The summed E-state index contributed by atoms with van der Waals surface area (Å²) in [5, 5.41) is 23.4. The molecule has 1 aliphatic rings. The van der Waals surface area contributed by atoms with Crippen molar-refractivity contribution in [2.75, 3.05) is 5.75 Å². The van der Waals surface area contributed by atoms with Crippen molar-refractivity contribution in [2.45, 2.75) is 71.0 Å². The van der Waals surface area contributed by atoms with Gasteiger partial charge in [0, 0.05) is 24.8 Å². The number of cyclic esters (lactones) is 1. The fourth-order valence-corrected chi connectivity index (χ4v) is 4.17. The Bertz CT molecular complexity index is 808. The first-order chi connectivity index (χ1) is 15.4. The monoisotopic (exact) mass is 461 g/mol. The average molecular weight is 462 g/mol. The van der Waals surface area contributed by atoms with E-state index in [9.17, 15) is 19.8 Å². The Morgan fingerprint density at radius 3 is 2.91 bits per heavy atom. The number of amides is 1. The molecule has 0 fully saturated rings. The number of aliphatic hydroxyl groups excluding tert-OH is 1. The number of benzene rings is 1. The molecule has 3 unspecified atom stereocenters. The molecule has 0 aromatic heterocycles. The minimum atomic E-state index is -0.641. The fourth-order valence-electron chi connectivity index (χ4n) is 3.48. The Morgan fingerprint density at radius 2 is 2.12 bits per heavy atom. The number of rotatable bonds is 7. The molecule has 0 aliphatic carbocycles. The molecule has 1 heterocycles. The number of esters is 1. The number of allylic oxidation sites excluding steroid dienone is 2. The first kappa shape index (κ1) is 26.0. The lowest BCUT2D eigenvalue weighted by Gasteiger charge is -2.24. The van der Waals surface area contributed by atoms with Crippen LogP contribution in [-0.2, 0) is 11.2 Å². The molecule has 0 bridgehead atoms. The molecular formula is C25H35NO5S. The van der Waals surface area contributed by atoms with Gasteiger partial charge in [0.1, 0.15) is 17.4 Å². The Kier molecular flexibility index (Phi) is 11.4. The summed E-state index contributed by atoms with van der Waals surface area (Å²) in [4.78, 5) is 24.7. The van der Waals surface area contributed by atoms with E-state index in [1.54, 1.807) is 24.4 Å². The standard InChI is InChI=1S/C25H35NO5S/c1-3-4-7-16-32-25(30)26-15-9-13-20-17-22(28)18(2)10-5-6-11-19-12-8-14-21(27)23(19)24(29)31-20/h5-6,8-9,12,14-15,18,20,22,27-28H,3-4,7,10-11,13,16-17H2,1-2H3,(H,26,30)/b6-5+,15-9+. The molecule has 6 nitrogen and oxygen atoms in total. The van der Waals surface area contributed by atoms with Gasteiger partial charge in [-0.1, -0.05) is 68.8 Å². The van der Waals surface area contributed by atoms with Gasteiger partial charge in [-0.05, 0) is 36.8 Å². The highest BCUT2D eigenvalue weighted by Gasteiger charge is 2.25. The third kappa shape index (κ3) is 8.71. The molecule has 1 aliphatic heterocycles. The summed E-state index contributed by atoms with van der Waals surface area (Å²) in [5.74, 6) is 0.0722. The lowest BCUT2D eigenvalue weighted by Crippen LogP contribution is -2.28. The molecule has 7 heteroatoms. The third-order valence-electron chi connectivity index (χ3n) is 5.48. The van der Waals surface area contributed by atoms with Gasteiger partial charge in [-0.2, -0.15) is 0 Å². The van der Waals surface area contributed by atoms with Gasteiger partial charge in [0.25, 0.3) is 5.24 Å². The smallest absolute Gasteiger partial charge is 0.342 e. The zero-order valence-electron chi connectivity index (χ0n) is 19.0. The van der Waals surface area contributed by atoms with E-state index in [1.807, 2.05) is 19.1 Å². The minimum absolute atomic E-state index is 0.0127. The van der Waals surface area contributed by atoms with Crippen LogP contribution in [0.5, 0.6) is 5.75 Å². The Morgan fingerprint density at radius 1 is 1.31 bits per heavy atom.